The quantitative estimate of drug-likeness (QED) is 0.100. The van der Waals surface area contributed by atoms with Crippen LogP contribution in [0, 0.1) is 5.92 Å². The molecule has 0 saturated carbocycles. The van der Waals surface area contributed by atoms with Crippen LogP contribution in [-0.2, 0) is 51.6 Å². The molecule has 0 amide bonds. The lowest BCUT2D eigenvalue weighted by Crippen LogP contribution is -2.65. The number of halogens is 3. The van der Waals surface area contributed by atoms with Crippen LogP contribution in [0.3, 0.4) is 0 Å². The van der Waals surface area contributed by atoms with Crippen LogP contribution >= 0.6 is 0 Å². The number of pyridine rings is 1. The second-order valence-electron chi connectivity index (χ2n) is 14.4. The number of piperidine rings is 1. The summed E-state index contributed by atoms with van der Waals surface area (Å²) in [6, 6.07) is 42.5. The third-order valence-corrected chi connectivity index (χ3v) is 10.4. The summed E-state index contributed by atoms with van der Waals surface area (Å²) in [5, 5.41) is 0. The van der Waals surface area contributed by atoms with Gasteiger partial charge in [0.05, 0.1) is 50.7 Å². The van der Waals surface area contributed by atoms with E-state index in [0.29, 0.717) is 59.2 Å². The van der Waals surface area contributed by atoms with Gasteiger partial charge in [0.15, 0.2) is 0 Å². The third kappa shape index (κ3) is 10.6. The van der Waals surface area contributed by atoms with Gasteiger partial charge in [0.2, 0.25) is 0 Å². The van der Waals surface area contributed by atoms with E-state index < -0.39 is 23.9 Å². The van der Waals surface area contributed by atoms with E-state index in [1.165, 1.54) is 12.3 Å². The molecule has 0 unspecified atom stereocenters. The number of hydrogen-bond donors (Lipinski definition) is 0. The van der Waals surface area contributed by atoms with Gasteiger partial charge in [-0.2, -0.15) is 13.2 Å². The summed E-state index contributed by atoms with van der Waals surface area (Å²) in [4.78, 5) is 8.34. The molecule has 3 heterocycles. The highest BCUT2D eigenvalue weighted by atomic mass is 19.4. The zero-order chi connectivity index (χ0) is 37.9. The SMILES string of the molecule is FC(F)(F)c1cccnc1N1CC[C@H](CN2C[C@H](OCc3ccccc3)[C@@H](OCc3ccccc3)[C@H](OCc3ccccc3)[C@@H]2COCc2ccccc2)C1. The fourth-order valence-corrected chi connectivity index (χ4v) is 7.63. The first-order chi connectivity index (χ1) is 26.9. The molecule has 7 nitrogen and oxygen atoms in total. The summed E-state index contributed by atoms with van der Waals surface area (Å²) in [5.41, 5.74) is 3.49. The zero-order valence-corrected chi connectivity index (χ0v) is 30.8. The van der Waals surface area contributed by atoms with Gasteiger partial charge in [0, 0.05) is 32.4 Å². The minimum Gasteiger partial charge on any atom is -0.375 e. The molecule has 5 atom stereocenters. The van der Waals surface area contributed by atoms with Crippen molar-refractivity contribution in [2.45, 2.75) is 63.4 Å². The number of nitrogens with zero attached hydrogens (tertiary/aromatic N) is 3. The van der Waals surface area contributed by atoms with Crippen molar-refractivity contribution in [1.29, 1.82) is 0 Å². The number of ether oxygens (including phenoxy) is 4. The van der Waals surface area contributed by atoms with Crippen molar-refractivity contribution < 1.29 is 32.1 Å². The van der Waals surface area contributed by atoms with Gasteiger partial charge in [0.1, 0.15) is 18.0 Å². The van der Waals surface area contributed by atoms with Crippen LogP contribution in [0.4, 0.5) is 19.0 Å². The first kappa shape index (κ1) is 38.7. The van der Waals surface area contributed by atoms with Gasteiger partial charge in [0.25, 0.3) is 0 Å². The van der Waals surface area contributed by atoms with Crippen molar-refractivity contribution in [1.82, 2.24) is 9.88 Å². The van der Waals surface area contributed by atoms with Crippen LogP contribution in [0.25, 0.3) is 0 Å². The van der Waals surface area contributed by atoms with Gasteiger partial charge in [-0.05, 0) is 46.7 Å². The average molecular weight is 752 g/mol. The highest BCUT2D eigenvalue weighted by Crippen LogP contribution is 2.38. The summed E-state index contributed by atoms with van der Waals surface area (Å²) in [6.45, 7) is 4.01. The second kappa shape index (κ2) is 18.8. The number of aromatic nitrogens is 1. The highest BCUT2D eigenvalue weighted by molar-refractivity contribution is 5.49. The summed E-state index contributed by atoms with van der Waals surface area (Å²) < 4.78 is 69.1. The highest BCUT2D eigenvalue weighted by Gasteiger charge is 2.47. The molecule has 10 heteroatoms. The van der Waals surface area contributed by atoms with Crippen LogP contribution in [0.5, 0.6) is 0 Å². The summed E-state index contributed by atoms with van der Waals surface area (Å²) >= 11 is 0. The molecule has 2 fully saturated rings. The Hall–Kier alpha value is -4.58. The lowest BCUT2D eigenvalue weighted by molar-refractivity contribution is -0.211. The molecular formula is C45H48F3N3O4. The third-order valence-electron chi connectivity index (χ3n) is 10.4. The Morgan fingerprint density at radius 2 is 1.13 bits per heavy atom. The minimum atomic E-state index is -4.49. The summed E-state index contributed by atoms with van der Waals surface area (Å²) in [6.07, 6.45) is -3.61. The van der Waals surface area contributed by atoms with Crippen molar-refractivity contribution in [3.63, 3.8) is 0 Å². The van der Waals surface area contributed by atoms with Gasteiger partial charge in [-0.15, -0.1) is 0 Å². The topological polar surface area (TPSA) is 56.3 Å². The predicted octanol–water partition coefficient (Wildman–Crippen LogP) is 8.58. The van der Waals surface area contributed by atoms with Crippen molar-refractivity contribution in [3.8, 4) is 0 Å². The zero-order valence-electron chi connectivity index (χ0n) is 30.8. The monoisotopic (exact) mass is 751 g/mol. The number of rotatable bonds is 16. The molecular weight excluding hydrogens is 704 g/mol. The van der Waals surface area contributed by atoms with Gasteiger partial charge < -0.3 is 23.8 Å². The van der Waals surface area contributed by atoms with E-state index in [4.69, 9.17) is 18.9 Å². The number of benzene rings is 4. The largest absolute Gasteiger partial charge is 0.419 e. The fourth-order valence-electron chi connectivity index (χ4n) is 7.63. The normalized spacial score (nSPS) is 21.9. The molecule has 4 aromatic carbocycles. The predicted molar refractivity (Wildman–Crippen MR) is 206 cm³/mol. The molecule has 7 rings (SSSR count). The van der Waals surface area contributed by atoms with Gasteiger partial charge in [-0.25, -0.2) is 4.98 Å². The molecule has 0 radical (unpaired) electrons. The molecule has 2 saturated heterocycles. The van der Waals surface area contributed by atoms with Crippen molar-refractivity contribution in [3.05, 3.63) is 167 Å². The molecule has 0 aliphatic carbocycles. The molecule has 5 aromatic rings. The van der Waals surface area contributed by atoms with Crippen LogP contribution in [0.1, 0.15) is 34.2 Å². The van der Waals surface area contributed by atoms with Crippen molar-refractivity contribution in [2.75, 3.05) is 37.7 Å². The van der Waals surface area contributed by atoms with Gasteiger partial charge >= 0.3 is 6.18 Å². The van der Waals surface area contributed by atoms with E-state index in [9.17, 15) is 13.2 Å². The molecule has 2 aliphatic heterocycles. The molecule has 288 valence electrons. The Kier molecular flexibility index (Phi) is 13.3. The Balaban J connectivity index is 1.18. The Labute approximate surface area is 321 Å². The Morgan fingerprint density at radius 3 is 1.69 bits per heavy atom. The van der Waals surface area contributed by atoms with E-state index in [0.717, 1.165) is 34.7 Å². The smallest absolute Gasteiger partial charge is 0.375 e. The maximum absolute atomic E-state index is 14.0. The van der Waals surface area contributed by atoms with E-state index in [2.05, 4.69) is 9.88 Å². The number of hydrogen-bond acceptors (Lipinski definition) is 7. The van der Waals surface area contributed by atoms with E-state index in [1.54, 1.807) is 4.90 Å². The lowest BCUT2D eigenvalue weighted by atomic mass is 9.91. The standard InChI is InChI=1S/C45H48F3N3O4/c46-45(47,48)39-22-13-24-49-44(39)50-25-23-38(26-50)27-51-28-41(53-30-35-16-7-2-8-17-35)43(55-32-37-20-11-4-12-21-37)42(54-31-36-18-9-3-10-19-36)40(51)33-52-29-34-14-5-1-6-15-34/h1-22,24,38,40-43H,23,25-33H2/t38-,40-,41-,42+,43+/m0/s1. The second-order valence-corrected chi connectivity index (χ2v) is 14.4. The first-order valence-corrected chi connectivity index (χ1v) is 19.0. The number of likely N-dealkylation sites (tertiary alicyclic amines) is 1. The van der Waals surface area contributed by atoms with Gasteiger partial charge in [-0.3, -0.25) is 4.90 Å². The van der Waals surface area contributed by atoms with Crippen molar-refractivity contribution in [2.24, 2.45) is 5.92 Å². The van der Waals surface area contributed by atoms with Crippen LogP contribution in [0.2, 0.25) is 0 Å². The van der Waals surface area contributed by atoms with E-state index in [-0.39, 0.29) is 23.9 Å². The molecule has 0 N–H and O–H groups in total. The molecule has 0 bridgehead atoms. The minimum absolute atomic E-state index is 0.0126. The van der Waals surface area contributed by atoms with Crippen LogP contribution in [-0.4, -0.2) is 67.0 Å². The van der Waals surface area contributed by atoms with E-state index in [1.807, 2.05) is 121 Å². The fraction of sp³-hybridized carbons (Fsp3) is 0.356. The Bertz CT molecular complexity index is 1870. The number of anilines is 1. The Morgan fingerprint density at radius 1 is 0.600 bits per heavy atom. The number of alkyl halides is 3. The van der Waals surface area contributed by atoms with Crippen LogP contribution < -0.4 is 4.90 Å². The first-order valence-electron chi connectivity index (χ1n) is 19.0. The van der Waals surface area contributed by atoms with Crippen LogP contribution in [0.15, 0.2) is 140 Å². The lowest BCUT2D eigenvalue weighted by Gasteiger charge is -2.49. The molecule has 55 heavy (non-hydrogen) atoms. The van der Waals surface area contributed by atoms with Gasteiger partial charge in [-0.1, -0.05) is 121 Å². The van der Waals surface area contributed by atoms with Crippen molar-refractivity contribution >= 4 is 5.82 Å². The average Bonchev–Trinajstić information content (AvgIpc) is 3.69. The molecule has 0 spiro atoms. The summed E-state index contributed by atoms with van der Waals surface area (Å²) in [7, 11) is 0. The molecule has 2 aliphatic rings. The molecule has 1 aromatic heterocycles. The van der Waals surface area contributed by atoms with E-state index >= 15 is 0 Å². The maximum atomic E-state index is 14.0. The summed E-state index contributed by atoms with van der Waals surface area (Å²) in [5.74, 6) is 0.0625. The maximum Gasteiger partial charge on any atom is 0.419 e.